The first-order valence-corrected chi connectivity index (χ1v) is 15.3. The molecule has 0 aromatic heterocycles. The Bertz CT molecular complexity index is 1310. The van der Waals surface area contributed by atoms with Gasteiger partial charge >= 0.3 is 0 Å². The Labute approximate surface area is 259 Å². The van der Waals surface area contributed by atoms with Crippen LogP contribution in [0.5, 0.6) is 5.75 Å². The summed E-state index contributed by atoms with van der Waals surface area (Å²) in [5.74, 6) is -0.709. The predicted octanol–water partition coefficient (Wildman–Crippen LogP) is 4.98. The topological polar surface area (TPSA) is 95.5 Å². The van der Waals surface area contributed by atoms with Gasteiger partial charge in [-0.05, 0) is 41.7 Å². The summed E-state index contributed by atoms with van der Waals surface area (Å²) in [7, 11) is 1.63. The molecule has 1 spiro atoms. The van der Waals surface area contributed by atoms with Crippen LogP contribution in [0.1, 0.15) is 36.0 Å². The number of methoxy groups -OCH3 is 1. The molecule has 8 heteroatoms. The smallest absolute Gasteiger partial charge is 0.253 e. The van der Waals surface area contributed by atoms with Crippen molar-refractivity contribution in [3.63, 3.8) is 0 Å². The van der Waals surface area contributed by atoms with E-state index in [0.717, 1.165) is 22.4 Å². The second-order valence-corrected chi connectivity index (χ2v) is 11.5. The highest BCUT2D eigenvalue weighted by molar-refractivity contribution is 5.82. The molecular formula is C36H43NO7. The van der Waals surface area contributed by atoms with Crippen LogP contribution in [-0.4, -0.2) is 61.5 Å². The average Bonchev–Trinajstić information content (AvgIpc) is 3.52. The van der Waals surface area contributed by atoms with Crippen molar-refractivity contribution in [2.45, 2.75) is 69.0 Å². The lowest BCUT2D eigenvalue weighted by Gasteiger charge is -2.46. The quantitative estimate of drug-likeness (QED) is 0.252. The number of hydrogen-bond acceptors (Lipinski definition) is 7. The maximum Gasteiger partial charge on any atom is 0.253 e. The molecule has 2 N–H and O–H groups in total. The van der Waals surface area contributed by atoms with E-state index in [0.29, 0.717) is 52.1 Å². The molecule has 8 nitrogen and oxygen atoms in total. The minimum absolute atomic E-state index is 0.186. The summed E-state index contributed by atoms with van der Waals surface area (Å²) in [5.41, 5.74) is 3.08. The van der Waals surface area contributed by atoms with Gasteiger partial charge in [0.1, 0.15) is 5.75 Å². The van der Waals surface area contributed by atoms with Crippen LogP contribution in [0.15, 0.2) is 97.6 Å². The normalized spacial score (nSPS) is 21.3. The van der Waals surface area contributed by atoms with Crippen molar-refractivity contribution < 1.29 is 33.6 Å². The number of aliphatic hydroxyl groups is 1. The highest BCUT2D eigenvalue weighted by atomic mass is 16.7. The summed E-state index contributed by atoms with van der Waals surface area (Å²) in [6.07, 6.45) is 1.59. The van der Waals surface area contributed by atoms with Crippen LogP contribution in [0.25, 0.3) is 0 Å². The van der Waals surface area contributed by atoms with Crippen molar-refractivity contribution in [2.75, 3.05) is 20.3 Å². The fourth-order valence-electron chi connectivity index (χ4n) is 6.19. The largest absolute Gasteiger partial charge is 0.497 e. The van der Waals surface area contributed by atoms with Crippen LogP contribution in [0.3, 0.4) is 0 Å². The van der Waals surface area contributed by atoms with Crippen molar-refractivity contribution in [3.05, 3.63) is 114 Å². The minimum Gasteiger partial charge on any atom is -0.497 e. The average molecular weight is 602 g/mol. The van der Waals surface area contributed by atoms with E-state index < -0.39 is 29.9 Å². The monoisotopic (exact) mass is 601 g/mol. The number of benzene rings is 3. The molecule has 5 rings (SSSR count). The molecule has 1 aliphatic heterocycles. The van der Waals surface area contributed by atoms with Crippen LogP contribution in [0, 0.1) is 5.92 Å². The number of nitrogens with one attached hydrogen (secondary N) is 1. The van der Waals surface area contributed by atoms with Gasteiger partial charge < -0.3 is 34.1 Å². The number of amides is 1. The van der Waals surface area contributed by atoms with Crippen LogP contribution < -0.4 is 10.1 Å². The zero-order chi connectivity index (χ0) is 30.8. The molecule has 1 heterocycles. The first-order chi connectivity index (χ1) is 21.5. The predicted molar refractivity (Wildman–Crippen MR) is 167 cm³/mol. The molecule has 1 amide bonds. The van der Waals surface area contributed by atoms with Crippen LogP contribution >= 0.6 is 0 Å². The lowest BCUT2D eigenvalue weighted by molar-refractivity contribution is -0.225. The van der Waals surface area contributed by atoms with E-state index in [2.05, 4.69) is 24.0 Å². The number of hydrogen-bond donors (Lipinski definition) is 2. The van der Waals surface area contributed by atoms with E-state index in [4.69, 9.17) is 23.7 Å². The van der Waals surface area contributed by atoms with Crippen LogP contribution in [0.2, 0.25) is 0 Å². The fourth-order valence-corrected chi connectivity index (χ4v) is 6.19. The Morgan fingerprint density at radius 1 is 0.977 bits per heavy atom. The molecule has 44 heavy (non-hydrogen) atoms. The number of rotatable bonds is 14. The van der Waals surface area contributed by atoms with E-state index in [1.54, 1.807) is 7.11 Å². The number of carbonyl (C=O) groups excluding carboxylic acids is 1. The second-order valence-electron chi connectivity index (χ2n) is 11.5. The van der Waals surface area contributed by atoms with E-state index in [-0.39, 0.29) is 12.0 Å². The summed E-state index contributed by atoms with van der Waals surface area (Å²) >= 11 is 0. The van der Waals surface area contributed by atoms with Crippen LogP contribution in [-0.2, 0) is 43.4 Å². The van der Waals surface area contributed by atoms with Gasteiger partial charge in [0.25, 0.3) is 5.91 Å². The zero-order valence-corrected chi connectivity index (χ0v) is 25.3. The molecule has 5 atom stereocenters. The van der Waals surface area contributed by atoms with Gasteiger partial charge in [0.15, 0.2) is 11.9 Å². The molecule has 1 aliphatic carbocycles. The van der Waals surface area contributed by atoms with Crippen molar-refractivity contribution in [1.29, 1.82) is 0 Å². The van der Waals surface area contributed by atoms with Gasteiger partial charge in [-0.2, -0.15) is 0 Å². The zero-order valence-electron chi connectivity index (χ0n) is 25.3. The number of carbonyl (C=O) groups is 1. The maximum atomic E-state index is 13.2. The Balaban J connectivity index is 1.49. The summed E-state index contributed by atoms with van der Waals surface area (Å²) < 4.78 is 31.2. The van der Waals surface area contributed by atoms with Crippen molar-refractivity contribution in [1.82, 2.24) is 5.32 Å². The number of aliphatic hydroxyl groups excluding tert-OH is 1. The highest BCUT2D eigenvalue weighted by Crippen LogP contribution is 2.43. The summed E-state index contributed by atoms with van der Waals surface area (Å²) in [6.45, 7) is 5.47. The molecule has 1 unspecified atom stereocenters. The van der Waals surface area contributed by atoms with Crippen molar-refractivity contribution in [2.24, 2.45) is 5.92 Å². The SMILES string of the molecule is C=CC(O)C(=O)N[C@@H](Cc1ccc(OC)cc1)[C@@H](OCc1ccccc1)[C@H]1CC2(CC[C@@H]1OCc1ccccc1)OCCO2. The van der Waals surface area contributed by atoms with Gasteiger partial charge in [-0.1, -0.05) is 85.5 Å². The van der Waals surface area contributed by atoms with E-state index in [1.807, 2.05) is 72.8 Å². The Hall–Kier alpha value is -3.53. The van der Waals surface area contributed by atoms with E-state index >= 15 is 0 Å². The molecule has 3 aromatic rings. The van der Waals surface area contributed by atoms with Gasteiger partial charge in [-0.15, -0.1) is 0 Å². The molecule has 234 valence electrons. The van der Waals surface area contributed by atoms with Gasteiger partial charge in [0.05, 0.1) is 51.8 Å². The third kappa shape index (κ3) is 8.34. The minimum atomic E-state index is -1.35. The summed E-state index contributed by atoms with van der Waals surface area (Å²) in [6, 6.07) is 27.3. The number of ether oxygens (including phenoxy) is 5. The van der Waals surface area contributed by atoms with E-state index in [1.165, 1.54) is 6.08 Å². The molecule has 3 aromatic carbocycles. The van der Waals surface area contributed by atoms with Crippen molar-refractivity contribution in [3.8, 4) is 5.75 Å². The molecule has 1 saturated carbocycles. The third-order valence-electron chi connectivity index (χ3n) is 8.49. The van der Waals surface area contributed by atoms with Gasteiger partial charge in [0, 0.05) is 18.8 Å². The molecule has 0 radical (unpaired) electrons. The highest BCUT2D eigenvalue weighted by Gasteiger charge is 2.50. The molecule has 2 fully saturated rings. The van der Waals surface area contributed by atoms with E-state index in [9.17, 15) is 9.90 Å². The Kier molecular flexibility index (Phi) is 11.2. The summed E-state index contributed by atoms with van der Waals surface area (Å²) in [4.78, 5) is 13.2. The second kappa shape index (κ2) is 15.5. The molecule has 2 aliphatic rings. The fraction of sp³-hybridized carbons (Fsp3) is 0.417. The first-order valence-electron chi connectivity index (χ1n) is 15.3. The summed E-state index contributed by atoms with van der Waals surface area (Å²) in [5, 5.41) is 13.5. The Morgan fingerprint density at radius 2 is 1.61 bits per heavy atom. The lowest BCUT2D eigenvalue weighted by Crippen LogP contribution is -2.57. The lowest BCUT2D eigenvalue weighted by atomic mass is 9.76. The van der Waals surface area contributed by atoms with Crippen molar-refractivity contribution >= 4 is 5.91 Å². The van der Waals surface area contributed by atoms with Gasteiger partial charge in [0.2, 0.25) is 0 Å². The standard InChI is InChI=1S/C36H43NO7/c1-3-32(38)35(39)37-31(22-26-14-16-29(40-2)17-15-26)34(42-25-28-12-8-5-9-13-28)30-23-36(43-20-21-44-36)19-18-33(30)41-24-27-10-6-4-7-11-27/h3-17,30-34,38H,1,18-25H2,2H3,(H,37,39)/t30-,31-,32?,33-,34-/m0/s1. The molecular weight excluding hydrogens is 558 g/mol. The van der Waals surface area contributed by atoms with Crippen LogP contribution in [0.4, 0.5) is 0 Å². The molecule has 0 bridgehead atoms. The third-order valence-corrected chi connectivity index (χ3v) is 8.49. The van der Waals surface area contributed by atoms with Gasteiger partial charge in [-0.25, -0.2) is 0 Å². The van der Waals surface area contributed by atoms with Gasteiger partial charge in [-0.3, -0.25) is 4.79 Å². The Morgan fingerprint density at radius 3 is 2.23 bits per heavy atom. The first kappa shape index (κ1) is 31.9. The maximum absolute atomic E-state index is 13.2. The molecule has 1 saturated heterocycles.